The van der Waals surface area contributed by atoms with Crippen LogP contribution in [0, 0.1) is 0 Å². The molecule has 3 nitrogen and oxygen atoms in total. The third-order valence-electron chi connectivity index (χ3n) is 3.02. The van der Waals surface area contributed by atoms with Crippen LogP contribution in [0.4, 0.5) is 0 Å². The van der Waals surface area contributed by atoms with Crippen molar-refractivity contribution in [2.75, 3.05) is 7.11 Å². The van der Waals surface area contributed by atoms with Crippen molar-refractivity contribution in [1.82, 2.24) is 0 Å². The molecule has 1 aliphatic rings. The van der Waals surface area contributed by atoms with E-state index in [4.69, 9.17) is 26.8 Å². The molecule has 0 aromatic heterocycles. The van der Waals surface area contributed by atoms with Gasteiger partial charge in [0.25, 0.3) is 0 Å². The van der Waals surface area contributed by atoms with Gasteiger partial charge >= 0.3 is 0 Å². The van der Waals surface area contributed by atoms with E-state index >= 15 is 0 Å². The van der Waals surface area contributed by atoms with Gasteiger partial charge in [-0.3, -0.25) is 0 Å². The van der Waals surface area contributed by atoms with Crippen LogP contribution in [-0.4, -0.2) is 13.2 Å². The van der Waals surface area contributed by atoms with Crippen molar-refractivity contribution >= 4 is 11.6 Å². The standard InChI is InChI=1S/C14H18ClNO2/c1-17-13-8-11(15)7-10(9-16)14(13)18-12-5-3-2-4-6-12/h3,5,7-8,12H,2,4,6,9,16H2,1H3. The van der Waals surface area contributed by atoms with Crippen molar-refractivity contribution in [3.8, 4) is 11.5 Å². The fraction of sp³-hybridized carbons (Fsp3) is 0.429. The van der Waals surface area contributed by atoms with Crippen LogP contribution < -0.4 is 15.2 Å². The lowest BCUT2D eigenvalue weighted by molar-refractivity contribution is 0.217. The summed E-state index contributed by atoms with van der Waals surface area (Å²) in [6.45, 7) is 0.378. The smallest absolute Gasteiger partial charge is 0.166 e. The van der Waals surface area contributed by atoms with Crippen LogP contribution in [0.25, 0.3) is 0 Å². The van der Waals surface area contributed by atoms with E-state index in [1.54, 1.807) is 13.2 Å². The van der Waals surface area contributed by atoms with E-state index < -0.39 is 0 Å². The number of allylic oxidation sites excluding steroid dienone is 1. The minimum atomic E-state index is 0.0964. The lowest BCUT2D eigenvalue weighted by Gasteiger charge is -2.22. The van der Waals surface area contributed by atoms with E-state index in [-0.39, 0.29) is 6.10 Å². The molecule has 2 rings (SSSR count). The van der Waals surface area contributed by atoms with Gasteiger partial charge < -0.3 is 15.2 Å². The highest BCUT2D eigenvalue weighted by atomic mass is 35.5. The van der Waals surface area contributed by atoms with Gasteiger partial charge in [0.1, 0.15) is 6.10 Å². The van der Waals surface area contributed by atoms with Crippen molar-refractivity contribution in [3.63, 3.8) is 0 Å². The average molecular weight is 268 g/mol. The average Bonchev–Trinajstić information content (AvgIpc) is 2.41. The summed E-state index contributed by atoms with van der Waals surface area (Å²) < 4.78 is 11.3. The van der Waals surface area contributed by atoms with Crippen LogP contribution in [0.3, 0.4) is 0 Å². The van der Waals surface area contributed by atoms with E-state index in [1.165, 1.54) is 0 Å². The molecule has 1 atom stereocenters. The fourth-order valence-corrected chi connectivity index (χ4v) is 2.32. The summed E-state index contributed by atoms with van der Waals surface area (Å²) in [4.78, 5) is 0. The zero-order chi connectivity index (χ0) is 13.0. The summed E-state index contributed by atoms with van der Waals surface area (Å²) in [5, 5.41) is 0.610. The van der Waals surface area contributed by atoms with E-state index in [1.807, 2.05) is 6.07 Å². The van der Waals surface area contributed by atoms with Crippen LogP contribution in [0.1, 0.15) is 24.8 Å². The molecule has 0 radical (unpaired) electrons. The largest absolute Gasteiger partial charge is 0.493 e. The molecule has 0 fully saturated rings. The maximum absolute atomic E-state index is 6.02. The number of rotatable bonds is 4. The summed E-state index contributed by atoms with van der Waals surface area (Å²) in [6.07, 6.45) is 7.64. The summed E-state index contributed by atoms with van der Waals surface area (Å²) in [6, 6.07) is 3.58. The Hall–Kier alpha value is -1.19. The number of ether oxygens (including phenoxy) is 2. The quantitative estimate of drug-likeness (QED) is 0.852. The van der Waals surface area contributed by atoms with Gasteiger partial charge in [0.05, 0.1) is 7.11 Å². The molecule has 0 bridgehead atoms. The van der Waals surface area contributed by atoms with Crippen molar-refractivity contribution in [1.29, 1.82) is 0 Å². The summed E-state index contributed by atoms with van der Waals surface area (Å²) >= 11 is 6.02. The van der Waals surface area contributed by atoms with Gasteiger partial charge in [0, 0.05) is 23.2 Å². The molecule has 0 spiro atoms. The highest BCUT2D eigenvalue weighted by Crippen LogP contribution is 2.36. The molecular formula is C14H18ClNO2. The monoisotopic (exact) mass is 267 g/mol. The molecule has 18 heavy (non-hydrogen) atoms. The Morgan fingerprint density at radius 2 is 2.28 bits per heavy atom. The predicted octanol–water partition coefficient (Wildman–Crippen LogP) is 3.29. The molecule has 0 saturated carbocycles. The summed E-state index contributed by atoms with van der Waals surface area (Å²) in [5.74, 6) is 1.35. The first-order valence-electron chi connectivity index (χ1n) is 6.14. The van der Waals surface area contributed by atoms with E-state index in [9.17, 15) is 0 Å². The van der Waals surface area contributed by atoms with E-state index in [0.29, 0.717) is 23.1 Å². The van der Waals surface area contributed by atoms with Crippen LogP contribution in [-0.2, 0) is 6.54 Å². The Labute approximate surface area is 113 Å². The third-order valence-corrected chi connectivity index (χ3v) is 3.23. The van der Waals surface area contributed by atoms with Gasteiger partial charge in [-0.05, 0) is 31.4 Å². The first kappa shape index (κ1) is 13.2. The Morgan fingerprint density at radius 3 is 2.89 bits per heavy atom. The number of halogens is 1. The maximum atomic E-state index is 6.02. The summed E-state index contributed by atoms with van der Waals surface area (Å²) in [5.41, 5.74) is 6.61. The normalized spacial score (nSPS) is 18.7. The number of methoxy groups -OCH3 is 1. The number of hydrogen-bond donors (Lipinski definition) is 1. The topological polar surface area (TPSA) is 44.5 Å². The predicted molar refractivity (Wildman–Crippen MR) is 73.3 cm³/mol. The molecule has 0 aliphatic heterocycles. The van der Waals surface area contributed by atoms with Crippen LogP contribution in [0.5, 0.6) is 11.5 Å². The second-order valence-corrected chi connectivity index (χ2v) is 4.75. The Balaban J connectivity index is 2.29. The maximum Gasteiger partial charge on any atom is 0.166 e. The highest BCUT2D eigenvalue weighted by molar-refractivity contribution is 6.30. The molecule has 4 heteroatoms. The van der Waals surface area contributed by atoms with E-state index in [2.05, 4.69) is 12.2 Å². The zero-order valence-electron chi connectivity index (χ0n) is 10.5. The third kappa shape index (κ3) is 2.98. The van der Waals surface area contributed by atoms with Crippen molar-refractivity contribution in [2.45, 2.75) is 31.9 Å². The van der Waals surface area contributed by atoms with Gasteiger partial charge in [-0.15, -0.1) is 0 Å². The lowest BCUT2D eigenvalue weighted by Crippen LogP contribution is -2.17. The first-order valence-corrected chi connectivity index (χ1v) is 6.52. The second-order valence-electron chi connectivity index (χ2n) is 4.32. The van der Waals surface area contributed by atoms with Gasteiger partial charge in [0.15, 0.2) is 11.5 Å². The molecule has 1 aromatic carbocycles. The van der Waals surface area contributed by atoms with E-state index in [0.717, 1.165) is 24.8 Å². The number of benzene rings is 1. The molecule has 98 valence electrons. The number of nitrogens with two attached hydrogens (primary N) is 1. The second kappa shape index (κ2) is 6.12. The van der Waals surface area contributed by atoms with Gasteiger partial charge in [-0.2, -0.15) is 0 Å². The highest BCUT2D eigenvalue weighted by Gasteiger charge is 2.17. The van der Waals surface area contributed by atoms with Crippen molar-refractivity contribution in [3.05, 3.63) is 34.9 Å². The molecule has 0 saturated heterocycles. The van der Waals surface area contributed by atoms with Crippen LogP contribution in [0.15, 0.2) is 24.3 Å². The molecule has 1 aromatic rings. The van der Waals surface area contributed by atoms with Gasteiger partial charge in [0.2, 0.25) is 0 Å². The van der Waals surface area contributed by atoms with Crippen molar-refractivity contribution < 1.29 is 9.47 Å². The van der Waals surface area contributed by atoms with Crippen LogP contribution >= 0.6 is 11.6 Å². The summed E-state index contributed by atoms with van der Waals surface area (Å²) in [7, 11) is 1.61. The SMILES string of the molecule is COc1cc(Cl)cc(CN)c1OC1C=CCCC1. The lowest BCUT2D eigenvalue weighted by atomic mass is 10.1. The molecule has 0 amide bonds. The van der Waals surface area contributed by atoms with Gasteiger partial charge in [-0.1, -0.05) is 17.7 Å². The molecule has 1 unspecified atom stereocenters. The van der Waals surface area contributed by atoms with Gasteiger partial charge in [-0.25, -0.2) is 0 Å². The molecule has 1 aliphatic carbocycles. The Morgan fingerprint density at radius 1 is 1.44 bits per heavy atom. The van der Waals surface area contributed by atoms with Crippen molar-refractivity contribution in [2.24, 2.45) is 5.73 Å². The molecule has 2 N–H and O–H groups in total. The minimum absolute atomic E-state index is 0.0964. The number of hydrogen-bond acceptors (Lipinski definition) is 3. The Bertz CT molecular complexity index is 420. The minimum Gasteiger partial charge on any atom is -0.493 e. The Kier molecular flexibility index (Phi) is 4.50. The zero-order valence-corrected chi connectivity index (χ0v) is 11.2. The fourth-order valence-electron chi connectivity index (χ4n) is 2.09. The molecule has 0 heterocycles. The first-order chi connectivity index (χ1) is 8.74. The van der Waals surface area contributed by atoms with Crippen LogP contribution in [0.2, 0.25) is 5.02 Å². The molecular weight excluding hydrogens is 250 g/mol.